The fourth-order valence-electron chi connectivity index (χ4n) is 2.00. The van der Waals surface area contributed by atoms with Crippen LogP contribution in [-0.4, -0.2) is 37.1 Å². The van der Waals surface area contributed by atoms with Crippen molar-refractivity contribution in [3.05, 3.63) is 29.6 Å². The molecular formula is C14H20ClFN4O2. The molecule has 2 rings (SSSR count). The molecule has 0 spiro atoms. The van der Waals surface area contributed by atoms with Crippen molar-refractivity contribution in [2.75, 3.05) is 24.5 Å². The summed E-state index contributed by atoms with van der Waals surface area (Å²) in [5, 5.41) is 5.32. The number of halogens is 2. The normalized spacial score (nSPS) is 14.4. The van der Waals surface area contributed by atoms with Crippen LogP contribution in [0.25, 0.3) is 0 Å². The molecule has 22 heavy (non-hydrogen) atoms. The summed E-state index contributed by atoms with van der Waals surface area (Å²) in [5.74, 6) is -1.19. The van der Waals surface area contributed by atoms with Gasteiger partial charge in [-0.15, -0.1) is 12.4 Å². The number of benzene rings is 1. The van der Waals surface area contributed by atoms with Gasteiger partial charge in [-0.1, -0.05) is 0 Å². The summed E-state index contributed by atoms with van der Waals surface area (Å²) in [6, 6.07) is 3.79. The summed E-state index contributed by atoms with van der Waals surface area (Å²) < 4.78 is 13.9. The Bertz CT molecular complexity index is 580. The minimum Gasteiger partial charge on any atom is -0.346 e. The topological polar surface area (TPSA) is 87.5 Å². The Morgan fingerprint density at radius 2 is 2.18 bits per heavy atom. The monoisotopic (exact) mass is 330 g/mol. The quantitative estimate of drug-likeness (QED) is 0.776. The maximum Gasteiger partial charge on any atom is 0.321 e. The standard InChI is InChI=1S/C14H19FN4O2.ClH/c1-14(2,8-16)18-12(20)10-7-9(3-4-11(10)15)19-6-5-17-13(19)21;/h3-4,7H,5-6,8,16H2,1-2H3,(H,17,21)(H,18,20);1H. The molecule has 0 saturated carbocycles. The van der Waals surface area contributed by atoms with Crippen molar-refractivity contribution >= 4 is 30.0 Å². The molecule has 0 bridgehead atoms. The zero-order chi connectivity index (χ0) is 15.6. The number of carbonyl (C=O) groups excluding carboxylic acids is 2. The number of amides is 3. The lowest BCUT2D eigenvalue weighted by Crippen LogP contribution is -2.49. The summed E-state index contributed by atoms with van der Waals surface area (Å²) in [6.45, 7) is 4.74. The van der Waals surface area contributed by atoms with Gasteiger partial charge in [-0.2, -0.15) is 0 Å². The molecule has 3 amide bonds. The van der Waals surface area contributed by atoms with E-state index >= 15 is 0 Å². The summed E-state index contributed by atoms with van der Waals surface area (Å²) in [5.41, 5.74) is 5.30. The molecule has 1 aliphatic heterocycles. The molecule has 8 heteroatoms. The molecule has 0 radical (unpaired) electrons. The molecule has 0 atom stereocenters. The minimum atomic E-state index is -0.635. The van der Waals surface area contributed by atoms with Gasteiger partial charge in [0.15, 0.2) is 0 Å². The molecule has 4 N–H and O–H groups in total. The van der Waals surface area contributed by atoms with Gasteiger partial charge in [-0.05, 0) is 32.0 Å². The number of nitrogens with two attached hydrogens (primary N) is 1. The number of anilines is 1. The SMILES string of the molecule is CC(C)(CN)NC(=O)c1cc(N2CCNC2=O)ccc1F.Cl. The molecule has 0 unspecified atom stereocenters. The van der Waals surface area contributed by atoms with Crippen molar-refractivity contribution in [3.63, 3.8) is 0 Å². The number of hydrogen-bond acceptors (Lipinski definition) is 3. The first-order valence-corrected chi connectivity index (χ1v) is 6.71. The average molecular weight is 331 g/mol. The van der Waals surface area contributed by atoms with Gasteiger partial charge < -0.3 is 16.4 Å². The lowest BCUT2D eigenvalue weighted by Gasteiger charge is -2.24. The highest BCUT2D eigenvalue weighted by molar-refractivity contribution is 5.98. The predicted molar refractivity (Wildman–Crippen MR) is 85.0 cm³/mol. The van der Waals surface area contributed by atoms with E-state index < -0.39 is 17.3 Å². The van der Waals surface area contributed by atoms with Gasteiger partial charge in [0.05, 0.1) is 5.56 Å². The summed E-state index contributed by atoms with van der Waals surface area (Å²) in [4.78, 5) is 25.2. The molecule has 1 aliphatic rings. The van der Waals surface area contributed by atoms with Crippen molar-refractivity contribution in [3.8, 4) is 0 Å². The smallest absolute Gasteiger partial charge is 0.321 e. The molecule has 1 fully saturated rings. The Morgan fingerprint density at radius 3 is 2.73 bits per heavy atom. The lowest BCUT2D eigenvalue weighted by atomic mass is 10.0. The first-order chi connectivity index (χ1) is 9.84. The van der Waals surface area contributed by atoms with Gasteiger partial charge in [0.2, 0.25) is 0 Å². The predicted octanol–water partition coefficient (Wildman–Crippen LogP) is 1.24. The average Bonchev–Trinajstić information content (AvgIpc) is 2.85. The first kappa shape index (κ1) is 18.2. The van der Waals surface area contributed by atoms with Crippen molar-refractivity contribution in [1.82, 2.24) is 10.6 Å². The van der Waals surface area contributed by atoms with E-state index in [1.165, 1.54) is 23.1 Å². The van der Waals surface area contributed by atoms with Gasteiger partial charge in [0.1, 0.15) is 5.82 Å². The van der Waals surface area contributed by atoms with Gasteiger partial charge >= 0.3 is 6.03 Å². The molecule has 1 heterocycles. The molecule has 1 aromatic carbocycles. The molecule has 0 aliphatic carbocycles. The van der Waals surface area contributed by atoms with Crippen LogP contribution in [0, 0.1) is 5.82 Å². The molecule has 6 nitrogen and oxygen atoms in total. The van der Waals surface area contributed by atoms with E-state index in [0.717, 1.165) is 0 Å². The number of carbonyl (C=O) groups is 2. The van der Waals surface area contributed by atoms with Crippen LogP contribution < -0.4 is 21.3 Å². The summed E-state index contributed by atoms with van der Waals surface area (Å²) in [7, 11) is 0. The third-order valence-corrected chi connectivity index (χ3v) is 3.33. The van der Waals surface area contributed by atoms with Crippen LogP contribution in [0.15, 0.2) is 18.2 Å². The maximum atomic E-state index is 13.9. The van der Waals surface area contributed by atoms with E-state index in [0.29, 0.717) is 18.8 Å². The van der Waals surface area contributed by atoms with Crippen LogP contribution in [0.5, 0.6) is 0 Å². The molecule has 122 valence electrons. The third kappa shape index (κ3) is 3.86. The first-order valence-electron chi connectivity index (χ1n) is 6.71. The molecule has 0 aromatic heterocycles. The highest BCUT2D eigenvalue weighted by atomic mass is 35.5. The third-order valence-electron chi connectivity index (χ3n) is 3.33. The van der Waals surface area contributed by atoms with E-state index in [9.17, 15) is 14.0 Å². The van der Waals surface area contributed by atoms with Crippen LogP contribution in [0.4, 0.5) is 14.9 Å². The number of rotatable bonds is 4. The molecule has 1 aromatic rings. The highest BCUT2D eigenvalue weighted by Crippen LogP contribution is 2.21. The fourth-order valence-corrected chi connectivity index (χ4v) is 2.00. The molecule has 1 saturated heterocycles. The van der Waals surface area contributed by atoms with Gasteiger partial charge in [-0.3, -0.25) is 9.69 Å². The number of nitrogens with one attached hydrogen (secondary N) is 2. The van der Waals surface area contributed by atoms with Crippen molar-refractivity contribution < 1.29 is 14.0 Å². The Kier molecular flexibility index (Phi) is 5.73. The largest absolute Gasteiger partial charge is 0.346 e. The van der Waals surface area contributed by atoms with Crippen molar-refractivity contribution in [1.29, 1.82) is 0 Å². The second kappa shape index (κ2) is 6.93. The van der Waals surface area contributed by atoms with Crippen LogP contribution >= 0.6 is 12.4 Å². The maximum absolute atomic E-state index is 13.9. The Labute approximate surface area is 134 Å². The van der Waals surface area contributed by atoms with Gasteiger partial charge in [0.25, 0.3) is 5.91 Å². The van der Waals surface area contributed by atoms with E-state index in [4.69, 9.17) is 5.73 Å². The summed E-state index contributed by atoms with van der Waals surface area (Å²) in [6.07, 6.45) is 0. The van der Waals surface area contributed by atoms with Crippen LogP contribution in [-0.2, 0) is 0 Å². The minimum absolute atomic E-state index is 0. The lowest BCUT2D eigenvalue weighted by molar-refractivity contribution is 0.0911. The summed E-state index contributed by atoms with van der Waals surface area (Å²) >= 11 is 0. The van der Waals surface area contributed by atoms with Gasteiger partial charge in [0, 0.05) is 30.9 Å². The Morgan fingerprint density at radius 1 is 1.50 bits per heavy atom. The van der Waals surface area contributed by atoms with Crippen molar-refractivity contribution in [2.24, 2.45) is 5.73 Å². The van der Waals surface area contributed by atoms with E-state index in [2.05, 4.69) is 10.6 Å². The number of nitrogens with zero attached hydrogens (tertiary/aromatic N) is 1. The van der Waals surface area contributed by atoms with Crippen LogP contribution in [0.2, 0.25) is 0 Å². The highest BCUT2D eigenvalue weighted by Gasteiger charge is 2.25. The van der Waals surface area contributed by atoms with E-state index in [1.54, 1.807) is 13.8 Å². The second-order valence-corrected chi connectivity index (χ2v) is 5.59. The van der Waals surface area contributed by atoms with E-state index in [1.807, 2.05) is 0 Å². The second-order valence-electron chi connectivity index (χ2n) is 5.59. The van der Waals surface area contributed by atoms with Crippen LogP contribution in [0.3, 0.4) is 0 Å². The Balaban J connectivity index is 0.00000242. The Hall–Kier alpha value is -1.86. The number of urea groups is 1. The van der Waals surface area contributed by atoms with Crippen molar-refractivity contribution in [2.45, 2.75) is 19.4 Å². The van der Waals surface area contributed by atoms with Gasteiger partial charge in [-0.25, -0.2) is 9.18 Å². The van der Waals surface area contributed by atoms with E-state index in [-0.39, 0.29) is 30.5 Å². The zero-order valence-corrected chi connectivity index (χ0v) is 13.3. The zero-order valence-electron chi connectivity index (χ0n) is 12.5. The number of hydrogen-bond donors (Lipinski definition) is 3. The fraction of sp³-hybridized carbons (Fsp3) is 0.429. The molecular weight excluding hydrogens is 311 g/mol. The van der Waals surface area contributed by atoms with Crippen LogP contribution in [0.1, 0.15) is 24.2 Å².